The first-order valence-corrected chi connectivity index (χ1v) is 5.81. The second-order valence-corrected chi connectivity index (χ2v) is 4.54. The van der Waals surface area contributed by atoms with Crippen molar-refractivity contribution in [1.29, 1.82) is 0 Å². The minimum Gasteiger partial charge on any atom is -0.256 e. The summed E-state index contributed by atoms with van der Waals surface area (Å²) < 4.78 is 13.9. The lowest BCUT2D eigenvalue weighted by molar-refractivity contribution is 0.614. The highest BCUT2D eigenvalue weighted by Crippen LogP contribution is 2.28. The normalized spacial score (nSPS) is 10.9. The predicted molar refractivity (Wildman–Crippen MR) is 68.5 cm³/mol. The van der Waals surface area contributed by atoms with Crippen LogP contribution in [0.25, 0.3) is 11.3 Å². The number of hydrogen-bond acceptors (Lipinski definition) is 1. The molecule has 2 aromatic rings. The van der Waals surface area contributed by atoms with E-state index in [4.69, 9.17) is 0 Å². The molecule has 0 spiro atoms. The van der Waals surface area contributed by atoms with E-state index in [9.17, 15) is 4.39 Å². The van der Waals surface area contributed by atoms with E-state index in [-0.39, 0.29) is 5.82 Å². The van der Waals surface area contributed by atoms with Crippen LogP contribution in [0.5, 0.6) is 0 Å². The van der Waals surface area contributed by atoms with E-state index in [0.717, 1.165) is 16.8 Å². The van der Waals surface area contributed by atoms with E-state index < -0.39 is 0 Å². The van der Waals surface area contributed by atoms with Crippen molar-refractivity contribution in [1.82, 2.24) is 4.98 Å². The van der Waals surface area contributed by atoms with Crippen LogP contribution in [0.3, 0.4) is 0 Å². The molecule has 0 bridgehead atoms. The minimum atomic E-state index is -0.156. The number of halogens is 1. The topological polar surface area (TPSA) is 12.9 Å². The highest BCUT2D eigenvalue weighted by molar-refractivity contribution is 5.64. The lowest BCUT2D eigenvalue weighted by Crippen LogP contribution is -1.96. The Balaban J connectivity index is 2.61. The largest absolute Gasteiger partial charge is 0.256 e. The maximum atomic E-state index is 13.9. The third-order valence-electron chi connectivity index (χ3n) is 2.97. The van der Waals surface area contributed by atoms with Gasteiger partial charge >= 0.3 is 0 Å². The number of hydrogen-bond donors (Lipinski definition) is 0. The van der Waals surface area contributed by atoms with Crippen LogP contribution in [-0.2, 0) is 0 Å². The van der Waals surface area contributed by atoms with Gasteiger partial charge in [-0.25, -0.2) is 4.39 Å². The summed E-state index contributed by atoms with van der Waals surface area (Å²) in [6, 6.07) is 9.34. The molecule has 0 amide bonds. The molecule has 2 rings (SSSR count). The number of pyridine rings is 1. The van der Waals surface area contributed by atoms with Crippen molar-refractivity contribution in [2.45, 2.75) is 26.7 Å². The van der Waals surface area contributed by atoms with Crippen molar-refractivity contribution in [2.75, 3.05) is 0 Å². The van der Waals surface area contributed by atoms with Crippen LogP contribution in [0.4, 0.5) is 4.39 Å². The zero-order valence-electron chi connectivity index (χ0n) is 10.4. The Bertz CT molecular complexity index is 518. The summed E-state index contributed by atoms with van der Waals surface area (Å²) in [4.78, 5) is 4.28. The summed E-state index contributed by atoms with van der Waals surface area (Å²) in [6.07, 6.45) is 1.73. The molecular formula is C15H16FN. The highest BCUT2D eigenvalue weighted by atomic mass is 19.1. The molecule has 0 saturated carbocycles. The first-order chi connectivity index (χ1) is 8.09. The summed E-state index contributed by atoms with van der Waals surface area (Å²) in [5.41, 5.74) is 3.38. The van der Waals surface area contributed by atoms with E-state index >= 15 is 0 Å². The van der Waals surface area contributed by atoms with Gasteiger partial charge in [0.15, 0.2) is 0 Å². The molecule has 88 valence electrons. The van der Waals surface area contributed by atoms with Crippen molar-refractivity contribution in [3.8, 4) is 11.3 Å². The molecule has 0 saturated heterocycles. The lowest BCUT2D eigenvalue weighted by atomic mass is 9.95. The first-order valence-electron chi connectivity index (χ1n) is 5.81. The molecule has 2 heteroatoms. The molecule has 0 aliphatic rings. The molecule has 1 nitrogen and oxygen atoms in total. The molecule has 1 aromatic carbocycles. The Labute approximate surface area is 101 Å². The quantitative estimate of drug-likeness (QED) is 0.747. The molecule has 0 N–H and O–H groups in total. The fourth-order valence-electron chi connectivity index (χ4n) is 1.82. The molecule has 0 aliphatic heterocycles. The van der Waals surface area contributed by atoms with Gasteiger partial charge in [0.1, 0.15) is 5.82 Å². The standard InChI is InChI=1S/C15H16FN/c1-10(2)12-8-13(11(3)14(16)9-12)15-6-4-5-7-17-15/h4-10H,1-3H3. The van der Waals surface area contributed by atoms with E-state index in [1.165, 1.54) is 0 Å². The van der Waals surface area contributed by atoms with Gasteiger partial charge in [0.2, 0.25) is 0 Å². The molecule has 0 unspecified atom stereocenters. The third-order valence-corrected chi connectivity index (χ3v) is 2.97. The molecule has 0 fully saturated rings. The highest BCUT2D eigenvalue weighted by Gasteiger charge is 2.11. The van der Waals surface area contributed by atoms with Crippen molar-refractivity contribution >= 4 is 0 Å². The Hall–Kier alpha value is -1.70. The summed E-state index contributed by atoms with van der Waals surface area (Å²) in [6.45, 7) is 5.92. The van der Waals surface area contributed by atoms with Crippen molar-refractivity contribution < 1.29 is 4.39 Å². The number of benzene rings is 1. The van der Waals surface area contributed by atoms with Crippen molar-refractivity contribution in [3.63, 3.8) is 0 Å². The minimum absolute atomic E-state index is 0.156. The summed E-state index contributed by atoms with van der Waals surface area (Å²) in [5, 5.41) is 0. The van der Waals surface area contributed by atoms with Gasteiger partial charge in [0, 0.05) is 11.8 Å². The van der Waals surface area contributed by atoms with Gasteiger partial charge in [-0.05, 0) is 48.2 Å². The van der Waals surface area contributed by atoms with E-state index in [1.807, 2.05) is 24.3 Å². The Morgan fingerprint density at radius 1 is 1.18 bits per heavy atom. The zero-order valence-corrected chi connectivity index (χ0v) is 10.4. The smallest absolute Gasteiger partial charge is 0.127 e. The second kappa shape index (κ2) is 4.66. The van der Waals surface area contributed by atoms with E-state index in [0.29, 0.717) is 11.5 Å². The van der Waals surface area contributed by atoms with Crippen LogP contribution in [0.2, 0.25) is 0 Å². The van der Waals surface area contributed by atoms with E-state index in [1.54, 1.807) is 19.2 Å². The Kier molecular flexibility index (Phi) is 3.23. The monoisotopic (exact) mass is 229 g/mol. The molecule has 0 radical (unpaired) electrons. The first kappa shape index (κ1) is 11.8. The lowest BCUT2D eigenvalue weighted by Gasteiger charge is -2.12. The second-order valence-electron chi connectivity index (χ2n) is 4.54. The van der Waals surface area contributed by atoms with E-state index in [2.05, 4.69) is 18.8 Å². The van der Waals surface area contributed by atoms with Crippen molar-refractivity contribution in [3.05, 3.63) is 53.5 Å². The maximum Gasteiger partial charge on any atom is 0.127 e. The van der Waals surface area contributed by atoms with Gasteiger partial charge in [-0.2, -0.15) is 0 Å². The van der Waals surface area contributed by atoms with Crippen LogP contribution < -0.4 is 0 Å². The molecule has 1 heterocycles. The fourth-order valence-corrected chi connectivity index (χ4v) is 1.82. The summed E-state index contributed by atoms with van der Waals surface area (Å²) in [7, 11) is 0. The zero-order chi connectivity index (χ0) is 12.4. The number of rotatable bonds is 2. The molecule has 17 heavy (non-hydrogen) atoms. The average molecular weight is 229 g/mol. The number of nitrogens with zero attached hydrogens (tertiary/aromatic N) is 1. The Morgan fingerprint density at radius 2 is 1.94 bits per heavy atom. The SMILES string of the molecule is Cc1c(F)cc(C(C)C)cc1-c1ccccn1. The van der Waals surface area contributed by atoms with Crippen molar-refractivity contribution in [2.24, 2.45) is 0 Å². The third kappa shape index (κ3) is 2.36. The molecule has 0 atom stereocenters. The summed E-state index contributed by atoms with van der Waals surface area (Å²) >= 11 is 0. The van der Waals surface area contributed by atoms with Gasteiger partial charge in [0.05, 0.1) is 5.69 Å². The number of aromatic nitrogens is 1. The molecule has 0 aliphatic carbocycles. The van der Waals surface area contributed by atoms with Gasteiger partial charge in [0.25, 0.3) is 0 Å². The summed E-state index contributed by atoms with van der Waals surface area (Å²) in [5.74, 6) is 0.157. The van der Waals surface area contributed by atoms with Crippen LogP contribution in [0, 0.1) is 12.7 Å². The van der Waals surface area contributed by atoms with Crippen LogP contribution in [0.15, 0.2) is 36.5 Å². The maximum absolute atomic E-state index is 13.9. The van der Waals surface area contributed by atoms with Gasteiger partial charge in [-0.15, -0.1) is 0 Å². The van der Waals surface area contributed by atoms with Crippen LogP contribution in [0.1, 0.15) is 30.9 Å². The molecular weight excluding hydrogens is 213 g/mol. The predicted octanol–water partition coefficient (Wildman–Crippen LogP) is 4.32. The van der Waals surface area contributed by atoms with Crippen LogP contribution in [-0.4, -0.2) is 4.98 Å². The van der Waals surface area contributed by atoms with Gasteiger partial charge in [-0.1, -0.05) is 19.9 Å². The van der Waals surface area contributed by atoms with Gasteiger partial charge in [-0.3, -0.25) is 4.98 Å². The fraction of sp³-hybridized carbons (Fsp3) is 0.267. The van der Waals surface area contributed by atoms with Gasteiger partial charge < -0.3 is 0 Å². The van der Waals surface area contributed by atoms with Crippen LogP contribution >= 0.6 is 0 Å². The average Bonchev–Trinajstić information content (AvgIpc) is 2.33. The molecule has 1 aromatic heterocycles. The Morgan fingerprint density at radius 3 is 2.53 bits per heavy atom.